The third kappa shape index (κ3) is 6.82. The van der Waals surface area contributed by atoms with Crippen LogP contribution in [0.15, 0.2) is 36.7 Å². The highest BCUT2D eigenvalue weighted by atomic mass is 35.5. The number of hydrogen-bond donors (Lipinski definition) is 3. The maximum absolute atomic E-state index is 12.0. The minimum absolute atomic E-state index is 0. The molecule has 0 spiro atoms. The standard InChI is InChI=1S/C16H21N5O3.ClH/c1-17-8-7-15(22)20-13-9-18-21(10-13)11-16(23)19-12-3-5-14(24-2)6-4-12;/h3-6,9-10,17H,7-8,11H2,1-2H3,(H,19,23)(H,20,22);1H. The van der Waals surface area contributed by atoms with Crippen molar-refractivity contribution in [1.82, 2.24) is 15.1 Å². The normalized spacial score (nSPS) is 9.84. The fraction of sp³-hybridized carbons (Fsp3) is 0.312. The maximum Gasteiger partial charge on any atom is 0.246 e. The number of nitrogens with zero attached hydrogens (tertiary/aromatic N) is 2. The first kappa shape index (κ1) is 20.5. The summed E-state index contributed by atoms with van der Waals surface area (Å²) < 4.78 is 6.53. The third-order valence-electron chi connectivity index (χ3n) is 3.20. The van der Waals surface area contributed by atoms with Crippen molar-refractivity contribution >= 4 is 35.6 Å². The zero-order valence-electron chi connectivity index (χ0n) is 14.1. The van der Waals surface area contributed by atoms with E-state index in [1.54, 1.807) is 44.6 Å². The van der Waals surface area contributed by atoms with E-state index in [2.05, 4.69) is 21.0 Å². The van der Waals surface area contributed by atoms with E-state index in [1.165, 1.54) is 10.9 Å². The van der Waals surface area contributed by atoms with Crippen molar-refractivity contribution in [2.24, 2.45) is 0 Å². The van der Waals surface area contributed by atoms with Gasteiger partial charge in [-0.25, -0.2) is 0 Å². The molecule has 0 atom stereocenters. The van der Waals surface area contributed by atoms with Gasteiger partial charge in [0, 0.05) is 24.8 Å². The number of anilines is 2. The van der Waals surface area contributed by atoms with E-state index in [4.69, 9.17) is 4.74 Å². The summed E-state index contributed by atoms with van der Waals surface area (Å²) in [4.78, 5) is 23.6. The fourth-order valence-electron chi connectivity index (χ4n) is 2.00. The molecule has 0 radical (unpaired) electrons. The van der Waals surface area contributed by atoms with Gasteiger partial charge in [0.2, 0.25) is 11.8 Å². The van der Waals surface area contributed by atoms with Crippen LogP contribution in [0.4, 0.5) is 11.4 Å². The van der Waals surface area contributed by atoms with Crippen molar-refractivity contribution in [3.63, 3.8) is 0 Å². The lowest BCUT2D eigenvalue weighted by atomic mass is 10.3. The summed E-state index contributed by atoms with van der Waals surface area (Å²) in [6, 6.07) is 7.05. The second kappa shape index (κ2) is 10.3. The predicted octanol–water partition coefficient (Wildman–Crippen LogP) is 1.50. The van der Waals surface area contributed by atoms with Crippen LogP contribution in [-0.4, -0.2) is 42.3 Å². The Morgan fingerprint density at radius 3 is 2.44 bits per heavy atom. The molecule has 8 nitrogen and oxygen atoms in total. The van der Waals surface area contributed by atoms with Gasteiger partial charge in [-0.3, -0.25) is 14.3 Å². The molecule has 0 saturated heterocycles. The molecule has 136 valence electrons. The average molecular weight is 368 g/mol. The second-order valence-corrected chi connectivity index (χ2v) is 5.10. The van der Waals surface area contributed by atoms with Gasteiger partial charge in [-0.2, -0.15) is 5.10 Å². The van der Waals surface area contributed by atoms with Crippen molar-refractivity contribution in [3.05, 3.63) is 36.7 Å². The molecular weight excluding hydrogens is 346 g/mol. The van der Waals surface area contributed by atoms with Crippen molar-refractivity contribution in [3.8, 4) is 5.75 Å². The van der Waals surface area contributed by atoms with Crippen molar-refractivity contribution in [2.45, 2.75) is 13.0 Å². The van der Waals surface area contributed by atoms with E-state index >= 15 is 0 Å². The summed E-state index contributed by atoms with van der Waals surface area (Å²) in [6.07, 6.45) is 3.50. The largest absolute Gasteiger partial charge is 0.497 e. The molecule has 1 aromatic heterocycles. The summed E-state index contributed by atoms with van der Waals surface area (Å²) in [7, 11) is 3.37. The molecule has 3 N–H and O–H groups in total. The van der Waals surface area contributed by atoms with Crippen LogP contribution in [0.3, 0.4) is 0 Å². The van der Waals surface area contributed by atoms with Crippen LogP contribution in [0.2, 0.25) is 0 Å². The lowest BCUT2D eigenvalue weighted by molar-refractivity contribution is -0.117. The number of halogens is 1. The molecule has 1 aromatic carbocycles. The Morgan fingerprint density at radius 2 is 1.80 bits per heavy atom. The summed E-state index contributed by atoms with van der Waals surface area (Å²) >= 11 is 0. The Balaban J connectivity index is 0.00000312. The molecule has 0 aliphatic heterocycles. The highest BCUT2D eigenvalue weighted by Crippen LogP contribution is 2.15. The second-order valence-electron chi connectivity index (χ2n) is 5.10. The fourth-order valence-corrected chi connectivity index (χ4v) is 2.00. The molecule has 0 aliphatic carbocycles. The first-order valence-electron chi connectivity index (χ1n) is 7.51. The molecule has 2 amide bonds. The van der Waals surface area contributed by atoms with E-state index in [-0.39, 0.29) is 30.8 Å². The van der Waals surface area contributed by atoms with Crippen molar-refractivity contribution in [1.29, 1.82) is 0 Å². The molecule has 0 aliphatic rings. The van der Waals surface area contributed by atoms with Gasteiger partial charge in [0.25, 0.3) is 0 Å². The quantitative estimate of drug-likeness (QED) is 0.657. The van der Waals surface area contributed by atoms with Gasteiger partial charge in [0.15, 0.2) is 0 Å². The lowest BCUT2D eigenvalue weighted by Crippen LogP contribution is -2.19. The van der Waals surface area contributed by atoms with E-state index in [0.29, 0.717) is 24.3 Å². The van der Waals surface area contributed by atoms with Gasteiger partial charge >= 0.3 is 0 Å². The van der Waals surface area contributed by atoms with Crippen molar-refractivity contribution in [2.75, 3.05) is 31.3 Å². The summed E-state index contributed by atoms with van der Waals surface area (Å²) in [5, 5.41) is 12.5. The Hall–Kier alpha value is -2.58. The zero-order chi connectivity index (χ0) is 17.4. The van der Waals surface area contributed by atoms with Gasteiger partial charge in [0.05, 0.1) is 19.0 Å². The van der Waals surface area contributed by atoms with Crippen LogP contribution in [0.5, 0.6) is 5.75 Å². The van der Waals surface area contributed by atoms with Crippen LogP contribution in [0.1, 0.15) is 6.42 Å². The number of carbonyl (C=O) groups excluding carboxylic acids is 2. The van der Waals surface area contributed by atoms with Crippen LogP contribution < -0.4 is 20.7 Å². The summed E-state index contributed by atoms with van der Waals surface area (Å²) in [5.74, 6) is 0.404. The third-order valence-corrected chi connectivity index (χ3v) is 3.20. The lowest BCUT2D eigenvalue weighted by Gasteiger charge is -2.06. The minimum Gasteiger partial charge on any atom is -0.497 e. The first-order valence-corrected chi connectivity index (χ1v) is 7.51. The summed E-state index contributed by atoms with van der Waals surface area (Å²) in [6.45, 7) is 0.655. The van der Waals surface area contributed by atoms with Crippen LogP contribution >= 0.6 is 12.4 Å². The summed E-state index contributed by atoms with van der Waals surface area (Å²) in [5.41, 5.74) is 1.24. The van der Waals surface area contributed by atoms with Gasteiger partial charge in [0.1, 0.15) is 12.3 Å². The number of methoxy groups -OCH3 is 1. The predicted molar refractivity (Wildman–Crippen MR) is 98.3 cm³/mol. The number of benzene rings is 1. The molecule has 0 unspecified atom stereocenters. The van der Waals surface area contributed by atoms with Crippen LogP contribution in [0.25, 0.3) is 0 Å². The van der Waals surface area contributed by atoms with Crippen LogP contribution in [-0.2, 0) is 16.1 Å². The Kier molecular flexibility index (Phi) is 8.45. The molecule has 0 bridgehead atoms. The number of hydrogen-bond acceptors (Lipinski definition) is 5. The minimum atomic E-state index is -0.212. The number of ether oxygens (including phenoxy) is 1. The molecule has 0 saturated carbocycles. The molecule has 0 fully saturated rings. The SMILES string of the molecule is CNCCC(=O)Nc1cnn(CC(=O)Nc2ccc(OC)cc2)c1.Cl. The topological polar surface area (TPSA) is 97.3 Å². The van der Waals surface area contributed by atoms with E-state index < -0.39 is 0 Å². The maximum atomic E-state index is 12.0. The van der Waals surface area contributed by atoms with E-state index in [0.717, 1.165) is 5.75 Å². The van der Waals surface area contributed by atoms with Gasteiger partial charge in [-0.05, 0) is 31.3 Å². The molecule has 25 heavy (non-hydrogen) atoms. The Bertz CT molecular complexity index is 687. The van der Waals surface area contributed by atoms with Crippen molar-refractivity contribution < 1.29 is 14.3 Å². The number of nitrogens with one attached hydrogen (secondary N) is 3. The monoisotopic (exact) mass is 367 g/mol. The molecule has 1 heterocycles. The average Bonchev–Trinajstić information content (AvgIpc) is 3.00. The Morgan fingerprint density at radius 1 is 1.12 bits per heavy atom. The number of aromatic nitrogens is 2. The molecule has 9 heteroatoms. The van der Waals surface area contributed by atoms with Crippen LogP contribution in [0, 0.1) is 0 Å². The highest BCUT2D eigenvalue weighted by Gasteiger charge is 2.07. The van der Waals surface area contributed by atoms with Gasteiger partial charge in [-0.1, -0.05) is 0 Å². The van der Waals surface area contributed by atoms with E-state index in [9.17, 15) is 9.59 Å². The van der Waals surface area contributed by atoms with Gasteiger partial charge in [-0.15, -0.1) is 12.4 Å². The molecular formula is C16H22ClN5O3. The molecule has 2 rings (SSSR count). The molecule has 2 aromatic rings. The van der Waals surface area contributed by atoms with E-state index in [1.807, 2.05) is 0 Å². The number of amides is 2. The first-order chi connectivity index (χ1) is 11.6. The highest BCUT2D eigenvalue weighted by molar-refractivity contribution is 5.91. The zero-order valence-corrected chi connectivity index (χ0v) is 14.9. The number of rotatable bonds is 8. The smallest absolute Gasteiger partial charge is 0.246 e. The number of carbonyl (C=O) groups is 2. The van der Waals surface area contributed by atoms with Gasteiger partial charge < -0.3 is 20.7 Å². The Labute approximate surface area is 152 Å².